The minimum atomic E-state index is -1.01. The topological polar surface area (TPSA) is 77.9 Å². The number of carboxylic acid groups (broad SMARTS) is 1. The Balaban J connectivity index is 2.31. The van der Waals surface area contributed by atoms with Crippen LogP contribution in [-0.2, 0) is 0 Å². The molecule has 0 aliphatic rings. The van der Waals surface area contributed by atoms with E-state index in [-0.39, 0.29) is 5.56 Å². The summed E-state index contributed by atoms with van der Waals surface area (Å²) in [6, 6.07) is 10.6. The number of ether oxygens (including phenoxy) is 3. The summed E-state index contributed by atoms with van der Waals surface area (Å²) in [4.78, 5) is 16.6. The summed E-state index contributed by atoms with van der Waals surface area (Å²) in [6.07, 6.45) is 0. The summed E-state index contributed by atoms with van der Waals surface area (Å²) in [6.45, 7) is 1.75. The van der Waals surface area contributed by atoms with Crippen LogP contribution in [0.1, 0.15) is 15.9 Å². The lowest BCUT2D eigenvalue weighted by Gasteiger charge is -2.14. The summed E-state index contributed by atoms with van der Waals surface area (Å²) in [5, 5.41) is 10.3. The molecule has 0 atom stereocenters. The van der Waals surface area contributed by atoms with Gasteiger partial charge in [0.2, 0.25) is 0 Å². The van der Waals surface area contributed by atoms with Crippen LogP contribution in [0.2, 0.25) is 0 Å². The van der Waals surface area contributed by atoms with E-state index in [2.05, 4.69) is 4.98 Å². The molecule has 1 aromatic heterocycles. The number of carboxylic acids is 1. The Morgan fingerprint density at radius 1 is 0.962 bits per heavy atom. The second-order valence-corrected chi connectivity index (χ2v) is 5.72. The summed E-state index contributed by atoms with van der Waals surface area (Å²) < 4.78 is 15.8. The molecule has 0 spiro atoms. The molecule has 3 aromatic rings. The van der Waals surface area contributed by atoms with Gasteiger partial charge in [0.1, 0.15) is 5.75 Å². The number of benzene rings is 2. The highest BCUT2D eigenvalue weighted by Gasteiger charge is 2.19. The van der Waals surface area contributed by atoms with E-state index in [1.54, 1.807) is 58.6 Å². The van der Waals surface area contributed by atoms with Crippen molar-refractivity contribution in [2.45, 2.75) is 6.92 Å². The summed E-state index contributed by atoms with van der Waals surface area (Å²) in [5.74, 6) is 0.723. The first-order chi connectivity index (χ1) is 12.5. The van der Waals surface area contributed by atoms with Crippen molar-refractivity contribution in [1.82, 2.24) is 4.98 Å². The van der Waals surface area contributed by atoms with E-state index in [1.807, 2.05) is 6.07 Å². The Bertz CT molecular complexity index is 997. The van der Waals surface area contributed by atoms with E-state index in [0.29, 0.717) is 39.4 Å². The molecule has 0 fully saturated rings. The fourth-order valence-corrected chi connectivity index (χ4v) is 3.00. The summed E-state index contributed by atoms with van der Waals surface area (Å²) in [7, 11) is 4.66. The number of hydrogen-bond acceptors (Lipinski definition) is 5. The maximum absolute atomic E-state index is 11.9. The maximum Gasteiger partial charge on any atom is 0.336 e. The van der Waals surface area contributed by atoms with Crippen LogP contribution < -0.4 is 14.2 Å². The van der Waals surface area contributed by atoms with E-state index in [9.17, 15) is 9.90 Å². The SMILES string of the molecule is COc1ccc2nc(-c3ccc(OC)c(OC)c3)c(C)c(C(=O)O)c2c1. The van der Waals surface area contributed by atoms with E-state index in [4.69, 9.17) is 14.2 Å². The molecule has 0 bridgehead atoms. The quantitative estimate of drug-likeness (QED) is 0.749. The van der Waals surface area contributed by atoms with Crippen LogP contribution in [0.4, 0.5) is 0 Å². The summed E-state index contributed by atoms with van der Waals surface area (Å²) in [5.41, 5.74) is 2.70. The van der Waals surface area contributed by atoms with Gasteiger partial charge in [-0.1, -0.05) is 0 Å². The van der Waals surface area contributed by atoms with E-state index >= 15 is 0 Å². The van der Waals surface area contributed by atoms with Gasteiger partial charge in [-0.15, -0.1) is 0 Å². The molecular weight excluding hydrogens is 334 g/mol. The summed E-state index contributed by atoms with van der Waals surface area (Å²) >= 11 is 0. The first-order valence-electron chi connectivity index (χ1n) is 7.94. The van der Waals surface area contributed by atoms with E-state index in [1.165, 1.54) is 0 Å². The molecule has 0 unspecified atom stereocenters. The molecule has 26 heavy (non-hydrogen) atoms. The predicted octanol–water partition coefficient (Wildman–Crippen LogP) is 3.93. The molecule has 6 nitrogen and oxygen atoms in total. The van der Waals surface area contributed by atoms with Crippen molar-refractivity contribution in [3.63, 3.8) is 0 Å². The Morgan fingerprint density at radius 2 is 1.69 bits per heavy atom. The minimum Gasteiger partial charge on any atom is -0.497 e. The van der Waals surface area contributed by atoms with Gasteiger partial charge >= 0.3 is 5.97 Å². The molecule has 3 rings (SSSR count). The number of fused-ring (bicyclic) bond motifs is 1. The fraction of sp³-hybridized carbons (Fsp3) is 0.200. The zero-order valence-corrected chi connectivity index (χ0v) is 15.0. The van der Waals surface area contributed by atoms with Crippen molar-refractivity contribution in [3.05, 3.63) is 47.5 Å². The molecular formula is C20H19NO5. The normalized spacial score (nSPS) is 10.6. The van der Waals surface area contributed by atoms with Crippen LogP contribution in [-0.4, -0.2) is 37.4 Å². The number of aromatic carboxylic acids is 1. The van der Waals surface area contributed by atoms with Crippen molar-refractivity contribution < 1.29 is 24.1 Å². The lowest BCUT2D eigenvalue weighted by molar-refractivity contribution is 0.0698. The standard InChI is InChI=1S/C20H19NO5/c1-11-18(20(22)23)14-10-13(24-2)6-7-15(14)21-19(11)12-5-8-16(25-3)17(9-12)26-4/h5-10H,1-4H3,(H,22,23). The van der Waals surface area contributed by atoms with Gasteiger partial charge in [0.05, 0.1) is 38.1 Å². The number of hydrogen-bond donors (Lipinski definition) is 1. The predicted molar refractivity (Wildman–Crippen MR) is 98.5 cm³/mol. The van der Waals surface area contributed by atoms with Crippen molar-refractivity contribution in [2.75, 3.05) is 21.3 Å². The van der Waals surface area contributed by atoms with Gasteiger partial charge < -0.3 is 19.3 Å². The third-order valence-electron chi connectivity index (χ3n) is 4.31. The number of rotatable bonds is 5. The van der Waals surface area contributed by atoms with Crippen LogP contribution in [0.15, 0.2) is 36.4 Å². The van der Waals surface area contributed by atoms with E-state index < -0.39 is 5.97 Å². The highest BCUT2D eigenvalue weighted by molar-refractivity contribution is 6.06. The van der Waals surface area contributed by atoms with Crippen LogP contribution in [0, 0.1) is 6.92 Å². The number of aromatic nitrogens is 1. The molecule has 0 amide bonds. The zero-order valence-electron chi connectivity index (χ0n) is 15.0. The first kappa shape index (κ1) is 17.5. The van der Waals surface area contributed by atoms with Gasteiger partial charge in [-0.25, -0.2) is 9.78 Å². The highest BCUT2D eigenvalue weighted by atomic mass is 16.5. The molecule has 0 saturated carbocycles. The molecule has 1 heterocycles. The minimum absolute atomic E-state index is 0.207. The molecule has 134 valence electrons. The van der Waals surface area contributed by atoms with Crippen LogP contribution in [0.25, 0.3) is 22.2 Å². The first-order valence-corrected chi connectivity index (χ1v) is 7.94. The molecule has 1 N–H and O–H groups in total. The van der Waals surface area contributed by atoms with E-state index in [0.717, 1.165) is 5.56 Å². The van der Waals surface area contributed by atoms with Crippen molar-refractivity contribution in [2.24, 2.45) is 0 Å². The second-order valence-electron chi connectivity index (χ2n) is 5.72. The average Bonchev–Trinajstić information content (AvgIpc) is 2.66. The van der Waals surface area contributed by atoms with Gasteiger partial charge in [0, 0.05) is 10.9 Å². The number of methoxy groups -OCH3 is 3. The van der Waals surface area contributed by atoms with Crippen molar-refractivity contribution >= 4 is 16.9 Å². The number of pyridine rings is 1. The number of nitrogens with zero attached hydrogens (tertiary/aromatic N) is 1. The lowest BCUT2D eigenvalue weighted by atomic mass is 9.97. The molecule has 6 heteroatoms. The van der Waals surface area contributed by atoms with Gasteiger partial charge in [-0.2, -0.15) is 0 Å². The second kappa shape index (κ2) is 6.92. The molecule has 0 radical (unpaired) electrons. The van der Waals surface area contributed by atoms with Gasteiger partial charge in [-0.3, -0.25) is 0 Å². The lowest BCUT2D eigenvalue weighted by Crippen LogP contribution is -2.05. The molecule has 0 aliphatic carbocycles. The van der Waals surface area contributed by atoms with Crippen molar-refractivity contribution in [1.29, 1.82) is 0 Å². The molecule has 2 aromatic carbocycles. The van der Waals surface area contributed by atoms with Gasteiger partial charge in [0.15, 0.2) is 11.5 Å². The Hall–Kier alpha value is -3.28. The van der Waals surface area contributed by atoms with Gasteiger partial charge in [-0.05, 0) is 48.9 Å². The largest absolute Gasteiger partial charge is 0.497 e. The Morgan fingerprint density at radius 3 is 2.31 bits per heavy atom. The van der Waals surface area contributed by atoms with Crippen LogP contribution in [0.3, 0.4) is 0 Å². The third-order valence-corrected chi connectivity index (χ3v) is 4.31. The van der Waals surface area contributed by atoms with Crippen LogP contribution in [0.5, 0.6) is 17.2 Å². The number of carbonyl (C=O) groups is 1. The fourth-order valence-electron chi connectivity index (χ4n) is 3.00. The highest BCUT2D eigenvalue weighted by Crippen LogP contribution is 2.36. The van der Waals surface area contributed by atoms with Gasteiger partial charge in [0.25, 0.3) is 0 Å². The Kier molecular flexibility index (Phi) is 4.67. The van der Waals surface area contributed by atoms with Crippen molar-refractivity contribution in [3.8, 4) is 28.5 Å². The molecule has 0 saturated heterocycles. The third kappa shape index (κ3) is 2.90. The smallest absolute Gasteiger partial charge is 0.336 e. The maximum atomic E-state index is 11.9. The monoisotopic (exact) mass is 353 g/mol. The average molecular weight is 353 g/mol. The zero-order chi connectivity index (χ0) is 18.8. The Labute approximate surface area is 151 Å². The van der Waals surface area contributed by atoms with Crippen LogP contribution >= 0.6 is 0 Å². The molecule has 0 aliphatic heterocycles.